The topological polar surface area (TPSA) is 312 Å². The van der Waals surface area contributed by atoms with Gasteiger partial charge in [0.2, 0.25) is 11.8 Å². The van der Waals surface area contributed by atoms with Crippen molar-refractivity contribution in [2.75, 3.05) is 39.3 Å². The number of nitrogens with one attached hydrogen (secondary N) is 6. The van der Waals surface area contributed by atoms with E-state index in [0.29, 0.717) is 83.8 Å². The SMILES string of the molecule is C/C=C1\NC(=O)[C@H]([C@@H](C)O)NC(=O)c2csc(n2)-c2ccc(-c3nc(-c4nc(C(=O)NC5(C(=O)NCCCN6CCN(C(C)C)CC6)CC5)cs4)cs3)nc2-c2csc(n2)[C@H]([C@@H](C)O)NC(=O)c2csc(n2)[C@H](C(C)C)NC(=O)c2csc1n2. The molecule has 1 saturated heterocycles. The summed E-state index contributed by atoms with van der Waals surface area (Å²) < 4.78 is 0. The lowest BCUT2D eigenvalue weighted by Crippen LogP contribution is -2.52. The Kier molecular flexibility index (Phi) is 18.6. The fourth-order valence-corrected chi connectivity index (χ4v) is 14.6. The van der Waals surface area contributed by atoms with Crippen LogP contribution in [0.4, 0.5) is 0 Å². The molecule has 442 valence electrons. The Hall–Kier alpha value is -6.67. The van der Waals surface area contributed by atoms with Crippen LogP contribution >= 0.6 is 68.0 Å². The van der Waals surface area contributed by atoms with Crippen LogP contribution in [0.3, 0.4) is 0 Å². The van der Waals surface area contributed by atoms with Crippen molar-refractivity contribution < 1.29 is 39.0 Å². The van der Waals surface area contributed by atoms with Gasteiger partial charge in [-0.15, -0.1) is 68.0 Å². The van der Waals surface area contributed by atoms with Gasteiger partial charge < -0.3 is 47.0 Å². The summed E-state index contributed by atoms with van der Waals surface area (Å²) in [5, 5.41) is 51.5. The molecule has 8 N–H and O–H groups in total. The predicted octanol–water partition coefficient (Wildman–Crippen LogP) is 6.23. The number of piperazine rings is 1. The molecule has 10 rings (SSSR count). The molecule has 3 aliphatic rings. The number of aliphatic hydroxyl groups is 2. The van der Waals surface area contributed by atoms with Gasteiger partial charge in [0.1, 0.15) is 87.5 Å². The number of carbonyl (C=O) groups is 6. The average Bonchev–Trinajstić information content (AvgIpc) is 3.85. The molecule has 23 nitrogen and oxygen atoms in total. The first-order valence-corrected chi connectivity index (χ1v) is 32.6. The summed E-state index contributed by atoms with van der Waals surface area (Å²) in [6.45, 7) is 18.3. The number of allylic oxidation sites excluding steroid dienone is 1. The number of rotatable bonds is 13. The highest BCUT2D eigenvalue weighted by molar-refractivity contribution is 7.15. The predicted molar refractivity (Wildman–Crippen MR) is 325 cm³/mol. The summed E-state index contributed by atoms with van der Waals surface area (Å²) in [6.07, 6.45) is 1.00. The van der Waals surface area contributed by atoms with Crippen molar-refractivity contribution in [3.05, 3.63) is 88.3 Å². The molecule has 84 heavy (non-hydrogen) atoms. The van der Waals surface area contributed by atoms with Gasteiger partial charge in [0.15, 0.2) is 0 Å². The number of fused-ring (bicyclic) bond motifs is 11. The van der Waals surface area contributed by atoms with E-state index in [0.717, 1.165) is 61.8 Å². The summed E-state index contributed by atoms with van der Waals surface area (Å²) >= 11 is 7.15. The largest absolute Gasteiger partial charge is 0.391 e. The van der Waals surface area contributed by atoms with Crippen LogP contribution in [-0.4, -0.2) is 159 Å². The van der Waals surface area contributed by atoms with E-state index in [2.05, 4.69) is 75.5 Å². The molecule has 0 radical (unpaired) electrons. The zero-order chi connectivity index (χ0) is 59.6. The van der Waals surface area contributed by atoms with Crippen molar-refractivity contribution in [1.82, 2.24) is 76.6 Å². The van der Waals surface area contributed by atoms with Crippen LogP contribution in [0.2, 0.25) is 0 Å². The molecule has 2 fully saturated rings. The van der Waals surface area contributed by atoms with Gasteiger partial charge >= 0.3 is 0 Å². The van der Waals surface area contributed by atoms with E-state index in [1.807, 2.05) is 19.2 Å². The minimum Gasteiger partial charge on any atom is -0.391 e. The van der Waals surface area contributed by atoms with Crippen molar-refractivity contribution in [2.24, 2.45) is 5.92 Å². The van der Waals surface area contributed by atoms with Crippen molar-refractivity contribution in [2.45, 2.75) is 110 Å². The fraction of sp³-hybridized carbons (Fsp3) is 0.436. The first kappa shape index (κ1) is 60.5. The first-order chi connectivity index (χ1) is 40.3. The van der Waals surface area contributed by atoms with Crippen LogP contribution in [0.25, 0.3) is 49.1 Å². The lowest BCUT2D eigenvalue weighted by molar-refractivity contribution is -0.124. The molecule has 1 saturated carbocycles. The van der Waals surface area contributed by atoms with Crippen molar-refractivity contribution in [1.29, 1.82) is 0 Å². The van der Waals surface area contributed by atoms with E-state index < -0.39 is 65.4 Å². The number of hydrogen-bond acceptors (Lipinski definition) is 23. The van der Waals surface area contributed by atoms with Crippen LogP contribution in [0.15, 0.2) is 50.5 Å². The second kappa shape index (κ2) is 25.9. The van der Waals surface area contributed by atoms with Crippen LogP contribution in [0, 0.1) is 5.92 Å². The monoisotopic (exact) mass is 1250 g/mol. The van der Waals surface area contributed by atoms with Crippen LogP contribution < -0.4 is 31.9 Å². The fourth-order valence-electron chi connectivity index (χ4n) is 9.41. The van der Waals surface area contributed by atoms with Crippen LogP contribution in [0.5, 0.6) is 0 Å². The second-order valence-corrected chi connectivity index (χ2v) is 26.5. The molecule has 0 spiro atoms. The third-order valence-corrected chi connectivity index (χ3v) is 19.8. The van der Waals surface area contributed by atoms with Crippen LogP contribution in [-0.2, 0) is 9.59 Å². The van der Waals surface area contributed by atoms with Gasteiger partial charge in [-0.3, -0.25) is 33.7 Å². The number of thiazole rings is 6. The minimum absolute atomic E-state index is 0.0543. The highest BCUT2D eigenvalue weighted by atomic mass is 32.1. The van der Waals surface area contributed by atoms with E-state index >= 15 is 0 Å². The molecule has 2 aliphatic heterocycles. The van der Waals surface area contributed by atoms with E-state index in [-0.39, 0.29) is 40.3 Å². The Morgan fingerprint density at radius 1 is 0.643 bits per heavy atom. The Bertz CT molecular complexity index is 3600. The number of pyridine rings is 1. The number of nitrogens with zero attached hydrogens (tertiary/aromatic N) is 9. The zero-order valence-electron chi connectivity index (χ0n) is 46.9. The quantitative estimate of drug-likeness (QED) is 0.0593. The smallest absolute Gasteiger partial charge is 0.271 e. The molecular weight excluding hydrogens is 1190 g/mol. The van der Waals surface area contributed by atoms with Crippen LogP contribution in [0.1, 0.15) is 137 Å². The van der Waals surface area contributed by atoms with Gasteiger partial charge in [-0.25, -0.2) is 34.9 Å². The summed E-state index contributed by atoms with van der Waals surface area (Å²) in [5.74, 6) is -3.40. The van der Waals surface area contributed by atoms with E-state index in [1.165, 1.54) is 70.0 Å². The van der Waals surface area contributed by atoms with Crippen molar-refractivity contribution >= 4 is 109 Å². The molecular formula is C55H63N15O8S6. The molecule has 0 unspecified atom stereocenters. The summed E-state index contributed by atoms with van der Waals surface area (Å²) in [6, 6.07) is 0.989. The standard InChI is InChI=1S/C55H63N15O8S6/c1-8-31-49-61-35(22-80-49)43(73)65-39(26(2)3)52-63-36(23-84-52)45(75)67-41(29(7)72)53-59-33(20-83-53)42-30(48-60-34(21-79-48)44(74)66-40(28(6)71)47(77)58-31)10-11-32(57-42)50-64-38(25-82-50)51-62-37(24-81-51)46(76)68-55(12-13-55)54(78)56-14-9-15-69-16-18-70(19-17-69)27(4)5/h8,10-11,20-29,39-41,71-72H,9,12-19H2,1-7H3,(H,56,78)(H,58,77)(H,65,73)(H,66,74)(H,67,75)(H,68,76)/b31-8-/t28-,29-,39+,40+,41+/m1/s1. The molecule has 7 aromatic rings. The Morgan fingerprint density at radius 3 is 1.85 bits per heavy atom. The second-order valence-electron chi connectivity index (χ2n) is 21.3. The molecule has 9 heterocycles. The highest BCUT2D eigenvalue weighted by Crippen LogP contribution is 2.39. The van der Waals surface area contributed by atoms with E-state index in [9.17, 15) is 39.0 Å². The molecule has 8 bridgehead atoms. The lowest BCUT2D eigenvalue weighted by atomic mass is 10.1. The average molecular weight is 1250 g/mol. The van der Waals surface area contributed by atoms with E-state index in [4.69, 9.17) is 15.0 Å². The van der Waals surface area contributed by atoms with Crippen molar-refractivity contribution in [3.8, 4) is 43.4 Å². The molecule has 6 amide bonds. The number of carbonyl (C=O) groups excluding carboxylic acids is 6. The summed E-state index contributed by atoms with van der Waals surface area (Å²) in [7, 11) is 0. The van der Waals surface area contributed by atoms with E-state index in [1.54, 1.807) is 41.3 Å². The minimum atomic E-state index is -1.44. The Labute approximate surface area is 508 Å². The maximum atomic E-state index is 14.0. The Morgan fingerprint density at radius 2 is 1.19 bits per heavy atom. The normalized spacial score (nSPS) is 20.2. The van der Waals surface area contributed by atoms with Gasteiger partial charge in [0.05, 0.1) is 29.6 Å². The molecule has 29 heteroatoms. The number of hydrogen-bond donors (Lipinski definition) is 8. The maximum absolute atomic E-state index is 14.0. The first-order valence-electron chi connectivity index (χ1n) is 27.4. The summed E-state index contributed by atoms with van der Waals surface area (Å²) in [4.78, 5) is 121. The molecule has 7 aromatic heterocycles. The van der Waals surface area contributed by atoms with Gasteiger partial charge in [-0.05, 0) is 78.5 Å². The Balaban J connectivity index is 0.905. The summed E-state index contributed by atoms with van der Waals surface area (Å²) in [5.41, 5.74) is 1.61. The molecule has 0 aromatic carbocycles. The molecule has 1 aliphatic carbocycles. The van der Waals surface area contributed by atoms with Gasteiger partial charge in [-0.2, -0.15) is 0 Å². The lowest BCUT2D eigenvalue weighted by Gasteiger charge is -2.36. The number of amides is 6. The highest BCUT2D eigenvalue weighted by Gasteiger charge is 2.51. The van der Waals surface area contributed by atoms with Gasteiger partial charge in [0.25, 0.3) is 23.6 Å². The third kappa shape index (κ3) is 13.5. The molecule has 5 atom stereocenters. The number of aromatic nitrogens is 7. The zero-order valence-corrected chi connectivity index (χ0v) is 51.8. The third-order valence-electron chi connectivity index (χ3n) is 14.5. The van der Waals surface area contributed by atoms with Gasteiger partial charge in [0, 0.05) is 76.6 Å². The maximum Gasteiger partial charge on any atom is 0.271 e. The number of aliphatic hydroxyl groups excluding tert-OH is 2. The van der Waals surface area contributed by atoms with Gasteiger partial charge in [-0.1, -0.05) is 19.9 Å². The van der Waals surface area contributed by atoms with Crippen molar-refractivity contribution in [3.63, 3.8) is 0 Å².